The van der Waals surface area contributed by atoms with Crippen LogP contribution in [0.1, 0.15) is 23.2 Å². The third kappa shape index (κ3) is 3.47. The van der Waals surface area contributed by atoms with E-state index in [2.05, 4.69) is 33.9 Å². The van der Waals surface area contributed by atoms with Gasteiger partial charge in [0.15, 0.2) is 0 Å². The fraction of sp³-hybridized carbons (Fsp3) is 0.417. The minimum absolute atomic E-state index is 0.0942. The van der Waals surface area contributed by atoms with Crippen molar-refractivity contribution in [2.75, 3.05) is 13.2 Å². The van der Waals surface area contributed by atoms with Crippen LogP contribution in [0.3, 0.4) is 0 Å². The van der Waals surface area contributed by atoms with Crippen LogP contribution in [0, 0.1) is 0 Å². The molecule has 0 saturated carbocycles. The predicted octanol–water partition coefficient (Wildman–Crippen LogP) is 2.65. The Morgan fingerprint density at radius 3 is 3.12 bits per heavy atom. The van der Waals surface area contributed by atoms with E-state index in [0.29, 0.717) is 12.1 Å². The molecule has 1 N–H and O–H groups in total. The van der Waals surface area contributed by atoms with Gasteiger partial charge < -0.3 is 10.1 Å². The molecule has 3 nitrogen and oxygen atoms in total. The lowest BCUT2D eigenvalue weighted by molar-refractivity contribution is 0.0857. The third-order valence-corrected chi connectivity index (χ3v) is 3.68. The van der Waals surface area contributed by atoms with E-state index >= 15 is 0 Å². The highest BCUT2D eigenvalue weighted by Gasteiger charge is 2.17. The summed E-state index contributed by atoms with van der Waals surface area (Å²) >= 11 is 7.58. The molecular weight excluding hydrogens is 302 g/mol. The molecule has 1 aliphatic heterocycles. The number of thiol groups is 1. The van der Waals surface area contributed by atoms with E-state index in [-0.39, 0.29) is 12.0 Å². The quantitative estimate of drug-likeness (QED) is 0.842. The smallest absolute Gasteiger partial charge is 0.252 e. The number of carbonyl (C=O) groups excluding carboxylic acids is 1. The average molecular weight is 316 g/mol. The zero-order valence-corrected chi connectivity index (χ0v) is 11.8. The Labute approximate surface area is 114 Å². The van der Waals surface area contributed by atoms with E-state index in [1.807, 2.05) is 12.1 Å². The topological polar surface area (TPSA) is 38.3 Å². The van der Waals surface area contributed by atoms with E-state index in [9.17, 15) is 4.79 Å². The lowest BCUT2D eigenvalue weighted by atomic mass is 10.2. The highest BCUT2D eigenvalue weighted by molar-refractivity contribution is 9.10. The second-order valence-electron chi connectivity index (χ2n) is 4.01. The summed E-state index contributed by atoms with van der Waals surface area (Å²) in [6.45, 7) is 1.37. The van der Waals surface area contributed by atoms with Crippen LogP contribution in [0.4, 0.5) is 0 Å². The molecule has 0 bridgehead atoms. The van der Waals surface area contributed by atoms with E-state index in [1.165, 1.54) is 0 Å². The number of hydrogen-bond donors (Lipinski definition) is 2. The van der Waals surface area contributed by atoms with Crippen molar-refractivity contribution in [2.45, 2.75) is 23.8 Å². The number of benzene rings is 1. The van der Waals surface area contributed by atoms with Crippen molar-refractivity contribution in [3.05, 3.63) is 28.2 Å². The Kier molecular flexibility index (Phi) is 4.48. The molecule has 1 aromatic rings. The molecule has 5 heteroatoms. The van der Waals surface area contributed by atoms with Crippen LogP contribution in [0.25, 0.3) is 0 Å². The van der Waals surface area contributed by atoms with Crippen LogP contribution in [-0.2, 0) is 4.74 Å². The molecule has 1 amide bonds. The van der Waals surface area contributed by atoms with Gasteiger partial charge >= 0.3 is 0 Å². The van der Waals surface area contributed by atoms with Crippen molar-refractivity contribution < 1.29 is 9.53 Å². The number of amides is 1. The summed E-state index contributed by atoms with van der Waals surface area (Å²) in [6.07, 6.45) is 2.27. The van der Waals surface area contributed by atoms with Crippen molar-refractivity contribution in [3.63, 3.8) is 0 Å². The van der Waals surface area contributed by atoms with Gasteiger partial charge in [0.2, 0.25) is 0 Å². The fourth-order valence-electron chi connectivity index (χ4n) is 1.79. The first kappa shape index (κ1) is 12.9. The molecule has 0 radical (unpaired) electrons. The standard InChI is InChI=1S/C12H14BrNO2S/c13-11-4-3-9(17)6-10(11)12(15)14-7-8-2-1-5-16-8/h3-4,6,8,17H,1-2,5,7H2,(H,14,15). The van der Waals surface area contributed by atoms with Crippen LogP contribution in [-0.4, -0.2) is 25.2 Å². The maximum Gasteiger partial charge on any atom is 0.252 e. The van der Waals surface area contributed by atoms with Crippen LogP contribution in [0.15, 0.2) is 27.6 Å². The van der Waals surface area contributed by atoms with Crippen molar-refractivity contribution in [1.29, 1.82) is 0 Å². The van der Waals surface area contributed by atoms with Crippen LogP contribution < -0.4 is 5.32 Å². The summed E-state index contributed by atoms with van der Waals surface area (Å²) in [5.41, 5.74) is 0.607. The third-order valence-electron chi connectivity index (χ3n) is 2.71. The molecule has 2 rings (SSSR count). The van der Waals surface area contributed by atoms with Crippen molar-refractivity contribution in [3.8, 4) is 0 Å². The zero-order chi connectivity index (χ0) is 12.3. The number of ether oxygens (including phenoxy) is 1. The number of halogens is 1. The minimum Gasteiger partial charge on any atom is -0.376 e. The van der Waals surface area contributed by atoms with Gasteiger partial charge in [-0.15, -0.1) is 12.6 Å². The Hall–Kier alpha value is -0.520. The highest BCUT2D eigenvalue weighted by atomic mass is 79.9. The monoisotopic (exact) mass is 315 g/mol. The summed E-state index contributed by atoms with van der Waals surface area (Å²) in [6, 6.07) is 5.41. The van der Waals surface area contributed by atoms with Gasteiger partial charge in [0, 0.05) is 22.5 Å². The van der Waals surface area contributed by atoms with E-state index in [0.717, 1.165) is 28.8 Å². The lowest BCUT2D eigenvalue weighted by Gasteiger charge is -2.11. The molecular formula is C12H14BrNO2S. The van der Waals surface area contributed by atoms with Gasteiger partial charge in [0.25, 0.3) is 5.91 Å². The fourth-order valence-corrected chi connectivity index (χ4v) is 2.42. The number of carbonyl (C=O) groups is 1. The van der Waals surface area contributed by atoms with Gasteiger partial charge in [-0.25, -0.2) is 0 Å². The number of rotatable bonds is 3. The van der Waals surface area contributed by atoms with Crippen LogP contribution in [0.2, 0.25) is 0 Å². The first-order valence-electron chi connectivity index (χ1n) is 5.55. The SMILES string of the molecule is O=C(NCC1CCCO1)c1cc(S)ccc1Br. The van der Waals surface area contributed by atoms with E-state index in [1.54, 1.807) is 6.07 Å². The molecule has 92 valence electrons. The first-order chi connectivity index (χ1) is 8.16. The van der Waals surface area contributed by atoms with Gasteiger partial charge in [-0.05, 0) is 47.0 Å². The summed E-state index contributed by atoms with van der Waals surface area (Å²) in [7, 11) is 0. The van der Waals surface area contributed by atoms with Crippen molar-refractivity contribution >= 4 is 34.5 Å². The molecule has 1 heterocycles. The van der Waals surface area contributed by atoms with E-state index in [4.69, 9.17) is 4.74 Å². The number of hydrogen-bond acceptors (Lipinski definition) is 3. The summed E-state index contributed by atoms with van der Waals surface area (Å²) in [5, 5.41) is 2.88. The Balaban J connectivity index is 1.96. The second kappa shape index (κ2) is 5.89. The maximum absolute atomic E-state index is 11.9. The van der Waals surface area contributed by atoms with Gasteiger partial charge in [0.05, 0.1) is 11.7 Å². The average Bonchev–Trinajstić information content (AvgIpc) is 2.82. The zero-order valence-electron chi connectivity index (χ0n) is 9.28. The Morgan fingerprint density at radius 2 is 2.41 bits per heavy atom. The molecule has 1 unspecified atom stereocenters. The highest BCUT2D eigenvalue weighted by Crippen LogP contribution is 2.20. The molecule has 1 atom stereocenters. The largest absolute Gasteiger partial charge is 0.376 e. The van der Waals surface area contributed by atoms with E-state index < -0.39 is 0 Å². The normalized spacial score (nSPS) is 19.3. The molecule has 0 aliphatic carbocycles. The molecule has 1 aliphatic rings. The minimum atomic E-state index is -0.0942. The Bertz CT molecular complexity index is 419. The van der Waals surface area contributed by atoms with Gasteiger partial charge in [-0.1, -0.05) is 0 Å². The van der Waals surface area contributed by atoms with Crippen LogP contribution >= 0.6 is 28.6 Å². The lowest BCUT2D eigenvalue weighted by Crippen LogP contribution is -2.31. The Morgan fingerprint density at radius 1 is 1.59 bits per heavy atom. The molecule has 17 heavy (non-hydrogen) atoms. The summed E-state index contributed by atoms with van der Waals surface area (Å²) in [4.78, 5) is 12.7. The van der Waals surface area contributed by atoms with Gasteiger partial charge in [-0.3, -0.25) is 4.79 Å². The van der Waals surface area contributed by atoms with Crippen molar-refractivity contribution in [1.82, 2.24) is 5.32 Å². The van der Waals surface area contributed by atoms with Gasteiger partial charge in [0.1, 0.15) is 0 Å². The molecule has 1 saturated heterocycles. The number of nitrogens with one attached hydrogen (secondary N) is 1. The first-order valence-corrected chi connectivity index (χ1v) is 6.79. The van der Waals surface area contributed by atoms with Crippen LogP contribution in [0.5, 0.6) is 0 Å². The molecule has 1 fully saturated rings. The molecule has 0 spiro atoms. The summed E-state index contributed by atoms with van der Waals surface area (Å²) in [5.74, 6) is -0.0942. The second-order valence-corrected chi connectivity index (χ2v) is 5.38. The molecule has 1 aromatic carbocycles. The van der Waals surface area contributed by atoms with Crippen molar-refractivity contribution in [2.24, 2.45) is 0 Å². The van der Waals surface area contributed by atoms with Gasteiger partial charge in [-0.2, -0.15) is 0 Å². The maximum atomic E-state index is 11.9. The molecule has 0 aromatic heterocycles. The summed E-state index contributed by atoms with van der Waals surface area (Å²) < 4.78 is 6.23. The predicted molar refractivity (Wildman–Crippen MR) is 72.7 cm³/mol.